The summed E-state index contributed by atoms with van der Waals surface area (Å²) in [4.78, 5) is 0. The van der Waals surface area contributed by atoms with Crippen molar-refractivity contribution in [3.63, 3.8) is 0 Å². The standard InChI is InChI=1S/C14H14BrN3O/c1-8-3-11(15)4-9-5-12(19-14(8)9)13(16)10-6-17-18(2)7-10/h3-7,13H,16H2,1-2H3. The van der Waals surface area contributed by atoms with Gasteiger partial charge in [-0.2, -0.15) is 5.10 Å². The Labute approximate surface area is 119 Å². The van der Waals surface area contributed by atoms with Crippen LogP contribution < -0.4 is 5.73 Å². The molecular weight excluding hydrogens is 306 g/mol. The topological polar surface area (TPSA) is 57.0 Å². The quantitative estimate of drug-likeness (QED) is 0.788. The maximum absolute atomic E-state index is 6.22. The highest BCUT2D eigenvalue weighted by molar-refractivity contribution is 9.10. The normalized spacial score (nSPS) is 13.1. The number of hydrogen-bond donors (Lipinski definition) is 1. The molecule has 3 rings (SSSR count). The van der Waals surface area contributed by atoms with Gasteiger partial charge in [0, 0.05) is 28.7 Å². The summed E-state index contributed by atoms with van der Waals surface area (Å²) in [6.07, 6.45) is 3.67. The number of aryl methyl sites for hydroxylation is 2. The first-order valence-electron chi connectivity index (χ1n) is 5.98. The molecule has 0 saturated carbocycles. The van der Waals surface area contributed by atoms with Gasteiger partial charge in [0.25, 0.3) is 0 Å². The molecule has 98 valence electrons. The molecule has 0 aliphatic rings. The van der Waals surface area contributed by atoms with E-state index in [4.69, 9.17) is 10.2 Å². The summed E-state index contributed by atoms with van der Waals surface area (Å²) in [6, 6.07) is 5.76. The third-order valence-corrected chi connectivity index (χ3v) is 3.63. The van der Waals surface area contributed by atoms with E-state index in [1.807, 2.05) is 38.4 Å². The Bertz CT molecular complexity index is 744. The summed E-state index contributed by atoms with van der Waals surface area (Å²) in [7, 11) is 1.87. The fraction of sp³-hybridized carbons (Fsp3) is 0.214. The minimum Gasteiger partial charge on any atom is -0.459 e. The largest absolute Gasteiger partial charge is 0.459 e. The van der Waals surface area contributed by atoms with E-state index in [1.54, 1.807) is 10.9 Å². The number of nitrogens with two attached hydrogens (primary N) is 1. The third kappa shape index (κ3) is 2.19. The van der Waals surface area contributed by atoms with Crippen molar-refractivity contribution in [1.82, 2.24) is 9.78 Å². The van der Waals surface area contributed by atoms with E-state index >= 15 is 0 Å². The van der Waals surface area contributed by atoms with Crippen LogP contribution in [0.5, 0.6) is 0 Å². The van der Waals surface area contributed by atoms with E-state index in [1.165, 1.54) is 0 Å². The van der Waals surface area contributed by atoms with E-state index in [9.17, 15) is 0 Å². The number of rotatable bonds is 2. The van der Waals surface area contributed by atoms with E-state index in [0.717, 1.165) is 32.3 Å². The predicted molar refractivity (Wildman–Crippen MR) is 77.9 cm³/mol. The van der Waals surface area contributed by atoms with Gasteiger partial charge in [-0.1, -0.05) is 15.9 Å². The maximum atomic E-state index is 6.22. The smallest absolute Gasteiger partial charge is 0.137 e. The van der Waals surface area contributed by atoms with Crippen LogP contribution in [0.3, 0.4) is 0 Å². The Morgan fingerprint density at radius 1 is 1.37 bits per heavy atom. The van der Waals surface area contributed by atoms with Gasteiger partial charge in [0.1, 0.15) is 11.3 Å². The Kier molecular flexibility index (Phi) is 2.95. The van der Waals surface area contributed by atoms with Crippen molar-refractivity contribution in [1.29, 1.82) is 0 Å². The molecular formula is C14H14BrN3O. The average molecular weight is 320 g/mol. The van der Waals surface area contributed by atoms with E-state index in [2.05, 4.69) is 21.0 Å². The molecule has 0 saturated heterocycles. The van der Waals surface area contributed by atoms with Crippen LogP contribution in [0, 0.1) is 6.92 Å². The Morgan fingerprint density at radius 3 is 2.84 bits per heavy atom. The fourth-order valence-corrected chi connectivity index (χ4v) is 2.81. The number of furan rings is 1. The highest BCUT2D eigenvalue weighted by atomic mass is 79.9. The Morgan fingerprint density at radius 2 is 2.16 bits per heavy atom. The van der Waals surface area contributed by atoms with E-state index in [-0.39, 0.29) is 6.04 Å². The number of hydrogen-bond acceptors (Lipinski definition) is 3. The average Bonchev–Trinajstić information content (AvgIpc) is 2.94. The van der Waals surface area contributed by atoms with Crippen LogP contribution in [0.15, 0.2) is 39.5 Å². The summed E-state index contributed by atoms with van der Waals surface area (Å²) >= 11 is 3.49. The molecule has 0 fully saturated rings. The molecule has 19 heavy (non-hydrogen) atoms. The molecule has 4 nitrogen and oxygen atoms in total. The molecule has 0 amide bonds. The molecule has 1 aromatic carbocycles. The highest BCUT2D eigenvalue weighted by Crippen LogP contribution is 2.30. The summed E-state index contributed by atoms with van der Waals surface area (Å²) in [5.41, 5.74) is 9.14. The van der Waals surface area contributed by atoms with Crippen LogP contribution in [0.4, 0.5) is 0 Å². The molecule has 2 heterocycles. The minimum atomic E-state index is -0.292. The van der Waals surface area contributed by atoms with E-state index in [0.29, 0.717) is 0 Å². The molecule has 0 spiro atoms. The second kappa shape index (κ2) is 4.51. The van der Waals surface area contributed by atoms with Crippen molar-refractivity contribution in [3.05, 3.63) is 52.0 Å². The first kappa shape index (κ1) is 12.4. The minimum absolute atomic E-state index is 0.292. The molecule has 2 N–H and O–H groups in total. The maximum Gasteiger partial charge on any atom is 0.137 e. The van der Waals surface area contributed by atoms with Crippen LogP contribution in [0.2, 0.25) is 0 Å². The van der Waals surface area contributed by atoms with Gasteiger partial charge in [-0.25, -0.2) is 0 Å². The van der Waals surface area contributed by atoms with Crippen LogP contribution >= 0.6 is 15.9 Å². The van der Waals surface area contributed by atoms with Crippen LogP contribution in [0.1, 0.15) is 22.9 Å². The Hall–Kier alpha value is -1.59. The molecule has 2 aromatic heterocycles. The third-order valence-electron chi connectivity index (χ3n) is 3.18. The first-order chi connectivity index (χ1) is 9.04. The Balaban J connectivity index is 2.08. The van der Waals surface area contributed by atoms with Gasteiger partial charge in [-0.15, -0.1) is 0 Å². The summed E-state index contributed by atoms with van der Waals surface area (Å²) in [5.74, 6) is 0.754. The lowest BCUT2D eigenvalue weighted by atomic mass is 10.1. The summed E-state index contributed by atoms with van der Waals surface area (Å²) in [6.45, 7) is 2.02. The van der Waals surface area contributed by atoms with Crippen molar-refractivity contribution < 1.29 is 4.42 Å². The fourth-order valence-electron chi connectivity index (χ4n) is 2.22. The van der Waals surface area contributed by atoms with Crippen LogP contribution in [-0.2, 0) is 7.05 Å². The molecule has 3 aromatic rings. The van der Waals surface area contributed by atoms with Crippen molar-refractivity contribution in [3.8, 4) is 0 Å². The van der Waals surface area contributed by atoms with Gasteiger partial charge in [-0.3, -0.25) is 4.68 Å². The first-order valence-corrected chi connectivity index (χ1v) is 6.77. The molecule has 0 aliphatic carbocycles. The van der Waals surface area contributed by atoms with Gasteiger partial charge in [0.15, 0.2) is 0 Å². The molecule has 5 heteroatoms. The predicted octanol–water partition coefficient (Wildman–Crippen LogP) is 3.29. The molecule has 0 aliphatic heterocycles. The SMILES string of the molecule is Cc1cc(Br)cc2cc(C(N)c3cnn(C)c3)oc12. The number of aromatic nitrogens is 2. The van der Waals surface area contributed by atoms with Gasteiger partial charge >= 0.3 is 0 Å². The molecule has 1 atom stereocenters. The molecule has 0 bridgehead atoms. The van der Waals surface area contributed by atoms with Gasteiger partial charge in [0.05, 0.1) is 12.2 Å². The highest BCUT2D eigenvalue weighted by Gasteiger charge is 2.16. The zero-order chi connectivity index (χ0) is 13.6. The summed E-state index contributed by atoms with van der Waals surface area (Å²) < 4.78 is 8.67. The zero-order valence-corrected chi connectivity index (χ0v) is 12.3. The van der Waals surface area contributed by atoms with Crippen molar-refractivity contribution >= 4 is 26.9 Å². The monoisotopic (exact) mass is 319 g/mol. The lowest BCUT2D eigenvalue weighted by Crippen LogP contribution is -2.09. The number of benzene rings is 1. The second-order valence-corrected chi connectivity index (χ2v) is 5.63. The number of fused-ring (bicyclic) bond motifs is 1. The van der Waals surface area contributed by atoms with Gasteiger partial charge in [0.2, 0.25) is 0 Å². The molecule has 1 unspecified atom stereocenters. The number of halogens is 1. The second-order valence-electron chi connectivity index (χ2n) is 4.71. The van der Waals surface area contributed by atoms with Gasteiger partial charge in [-0.05, 0) is 30.7 Å². The molecule has 0 radical (unpaired) electrons. The van der Waals surface area contributed by atoms with Crippen LogP contribution in [-0.4, -0.2) is 9.78 Å². The van der Waals surface area contributed by atoms with Crippen molar-refractivity contribution in [2.75, 3.05) is 0 Å². The van der Waals surface area contributed by atoms with Crippen LogP contribution in [0.25, 0.3) is 11.0 Å². The van der Waals surface area contributed by atoms with Gasteiger partial charge < -0.3 is 10.2 Å². The number of nitrogens with zero attached hydrogens (tertiary/aromatic N) is 2. The summed E-state index contributed by atoms with van der Waals surface area (Å²) in [5, 5.41) is 5.19. The van der Waals surface area contributed by atoms with Crippen molar-refractivity contribution in [2.45, 2.75) is 13.0 Å². The zero-order valence-electron chi connectivity index (χ0n) is 10.7. The lowest BCUT2D eigenvalue weighted by Gasteiger charge is -2.04. The van der Waals surface area contributed by atoms with Crippen molar-refractivity contribution in [2.24, 2.45) is 12.8 Å². The van der Waals surface area contributed by atoms with E-state index < -0.39 is 0 Å². The lowest BCUT2D eigenvalue weighted by molar-refractivity contribution is 0.523.